The smallest absolute Gasteiger partial charge is 0.296 e. The lowest BCUT2D eigenvalue weighted by molar-refractivity contribution is -0.117. The number of hydrogen-bond donors (Lipinski definition) is 1. The Morgan fingerprint density at radius 2 is 1.77 bits per heavy atom. The molecule has 5 aromatic rings. The fourth-order valence-corrected chi connectivity index (χ4v) is 6.09. The molecule has 2 aromatic heterocycles. The Bertz CT molecular complexity index is 1890. The van der Waals surface area contributed by atoms with E-state index in [1.54, 1.807) is 49.4 Å². The van der Waals surface area contributed by atoms with Gasteiger partial charge in [0.15, 0.2) is 33.9 Å². The first kappa shape index (κ1) is 27.9. The number of para-hydroxylation sites is 1. The molecule has 3 aromatic carbocycles. The maximum Gasteiger partial charge on any atom is 0.296 e. The predicted molar refractivity (Wildman–Crippen MR) is 161 cm³/mol. The first-order valence-corrected chi connectivity index (χ1v) is 14.2. The Hall–Kier alpha value is -5.22. The summed E-state index contributed by atoms with van der Waals surface area (Å²) in [6.07, 6.45) is 0. The van der Waals surface area contributed by atoms with Gasteiger partial charge in [-0.15, -0.1) is 0 Å². The van der Waals surface area contributed by atoms with Gasteiger partial charge >= 0.3 is 0 Å². The number of aryl methyl sites for hydroxylation is 1. The number of methoxy groups -OCH3 is 1. The molecule has 1 N–H and O–H groups in total. The molecule has 0 radical (unpaired) electrons. The number of aliphatic hydroxyl groups is 1. The highest BCUT2D eigenvalue weighted by molar-refractivity contribution is 7.17. The van der Waals surface area contributed by atoms with Crippen molar-refractivity contribution in [2.24, 2.45) is 0 Å². The van der Waals surface area contributed by atoms with Crippen LogP contribution < -0.4 is 14.4 Å². The maximum atomic E-state index is 14.0. The number of anilines is 1. The number of Topliss-reactive ketones (excluding diaryl/α,β-unsaturated/α-hetero) is 2. The molecule has 216 valence electrons. The zero-order valence-corrected chi connectivity index (χ0v) is 24.3. The number of nitrogens with zero attached hydrogens (tertiary/aromatic N) is 2. The standard InChI is InChI=1S/C33H26N2O7S/c1-18-31(19(2)36)43-33(34-18)35-28(22-13-14-24(25(16-22)40-3)41-17-20-9-5-4-6-10-20)27(30(38)32(35)39)29(37)26-15-21-11-7-8-12-23(21)42-26/h4-16,28,38H,17H2,1-3H3/t28-/m1/s1. The van der Waals surface area contributed by atoms with Gasteiger partial charge in [0.05, 0.1) is 29.3 Å². The second kappa shape index (κ2) is 11.2. The molecule has 9 nitrogen and oxygen atoms in total. The Morgan fingerprint density at radius 3 is 2.47 bits per heavy atom. The summed E-state index contributed by atoms with van der Waals surface area (Å²) in [6.45, 7) is 3.38. The molecule has 3 heterocycles. The van der Waals surface area contributed by atoms with Gasteiger partial charge in [-0.1, -0.05) is 65.9 Å². The normalized spacial score (nSPS) is 14.9. The number of aromatic nitrogens is 1. The molecule has 0 spiro atoms. The van der Waals surface area contributed by atoms with Crippen molar-refractivity contribution < 1.29 is 33.4 Å². The van der Waals surface area contributed by atoms with Crippen LogP contribution in [0.25, 0.3) is 11.0 Å². The summed E-state index contributed by atoms with van der Waals surface area (Å²) in [7, 11) is 1.49. The zero-order valence-electron chi connectivity index (χ0n) is 23.5. The van der Waals surface area contributed by atoms with Crippen LogP contribution in [0.1, 0.15) is 50.0 Å². The largest absolute Gasteiger partial charge is 0.503 e. The molecule has 1 aliphatic rings. The fraction of sp³-hybridized carbons (Fsp3) is 0.152. The number of aliphatic hydroxyl groups excluding tert-OH is 1. The molecule has 0 unspecified atom stereocenters. The SMILES string of the molecule is COc1cc([C@@H]2C(C(=O)c3cc4ccccc4o3)=C(O)C(=O)N2c2nc(C)c(C(C)=O)s2)ccc1OCc1ccccc1. The molecule has 0 saturated heterocycles. The van der Waals surface area contributed by atoms with E-state index in [4.69, 9.17) is 13.9 Å². The lowest BCUT2D eigenvalue weighted by atomic mass is 9.95. The number of carbonyl (C=O) groups is 3. The second-order valence-electron chi connectivity index (χ2n) is 9.97. The van der Waals surface area contributed by atoms with E-state index in [0.717, 1.165) is 16.9 Å². The van der Waals surface area contributed by atoms with Crippen LogP contribution >= 0.6 is 11.3 Å². The van der Waals surface area contributed by atoms with Gasteiger partial charge in [-0.05, 0) is 42.3 Å². The number of amides is 1. The summed E-state index contributed by atoms with van der Waals surface area (Å²) >= 11 is 1.02. The van der Waals surface area contributed by atoms with Crippen molar-refractivity contribution in [2.45, 2.75) is 26.5 Å². The van der Waals surface area contributed by atoms with Crippen LogP contribution in [-0.2, 0) is 11.4 Å². The first-order valence-electron chi connectivity index (χ1n) is 13.4. The molecular formula is C33H26N2O7S. The predicted octanol–water partition coefficient (Wildman–Crippen LogP) is 6.77. The maximum absolute atomic E-state index is 14.0. The monoisotopic (exact) mass is 594 g/mol. The number of hydrogen-bond acceptors (Lipinski definition) is 9. The summed E-state index contributed by atoms with van der Waals surface area (Å²) in [5.41, 5.74) is 2.18. The number of thiazole rings is 1. The van der Waals surface area contributed by atoms with E-state index < -0.39 is 23.5 Å². The molecule has 0 aliphatic carbocycles. The third kappa shape index (κ3) is 5.06. The summed E-state index contributed by atoms with van der Waals surface area (Å²) < 4.78 is 17.5. The van der Waals surface area contributed by atoms with Crippen molar-refractivity contribution in [3.8, 4) is 11.5 Å². The Kier molecular flexibility index (Phi) is 7.29. The van der Waals surface area contributed by atoms with Crippen molar-refractivity contribution in [3.63, 3.8) is 0 Å². The van der Waals surface area contributed by atoms with E-state index in [-0.39, 0.29) is 22.2 Å². The molecular weight excluding hydrogens is 568 g/mol. The van der Waals surface area contributed by atoms with Crippen molar-refractivity contribution in [1.82, 2.24) is 4.98 Å². The van der Waals surface area contributed by atoms with Gasteiger partial charge in [-0.25, -0.2) is 4.98 Å². The third-order valence-electron chi connectivity index (χ3n) is 7.15. The molecule has 0 fully saturated rings. The summed E-state index contributed by atoms with van der Waals surface area (Å²) in [6, 6.07) is 22.3. The highest BCUT2D eigenvalue weighted by Crippen LogP contribution is 2.45. The minimum absolute atomic E-state index is 0.0306. The average molecular weight is 595 g/mol. The highest BCUT2D eigenvalue weighted by atomic mass is 32.1. The van der Waals surface area contributed by atoms with Gasteiger partial charge in [0.1, 0.15) is 12.2 Å². The number of ketones is 2. The van der Waals surface area contributed by atoms with Crippen LogP contribution in [0, 0.1) is 6.92 Å². The summed E-state index contributed by atoms with van der Waals surface area (Å²) in [5.74, 6) is -1.62. The van der Waals surface area contributed by atoms with E-state index in [9.17, 15) is 19.5 Å². The van der Waals surface area contributed by atoms with E-state index in [0.29, 0.717) is 45.2 Å². The van der Waals surface area contributed by atoms with Gasteiger partial charge in [-0.3, -0.25) is 19.3 Å². The minimum Gasteiger partial charge on any atom is -0.503 e. The molecule has 10 heteroatoms. The molecule has 0 saturated carbocycles. The second-order valence-corrected chi connectivity index (χ2v) is 10.9. The van der Waals surface area contributed by atoms with Crippen LogP contribution in [0.2, 0.25) is 0 Å². The first-order chi connectivity index (χ1) is 20.8. The van der Waals surface area contributed by atoms with E-state index in [1.165, 1.54) is 18.9 Å². The molecule has 1 atom stereocenters. The number of benzene rings is 3. The fourth-order valence-electron chi connectivity index (χ4n) is 5.10. The number of furan rings is 1. The van der Waals surface area contributed by atoms with Crippen LogP contribution in [-0.4, -0.2) is 34.7 Å². The van der Waals surface area contributed by atoms with Gasteiger partial charge in [0.25, 0.3) is 5.91 Å². The number of rotatable bonds is 9. The third-order valence-corrected chi connectivity index (χ3v) is 8.41. The average Bonchev–Trinajstić information content (AvgIpc) is 3.70. The minimum atomic E-state index is -1.10. The van der Waals surface area contributed by atoms with E-state index in [2.05, 4.69) is 4.98 Å². The van der Waals surface area contributed by atoms with Crippen LogP contribution in [0.5, 0.6) is 11.5 Å². The quantitative estimate of drug-likeness (QED) is 0.186. The molecule has 0 bridgehead atoms. The van der Waals surface area contributed by atoms with Gasteiger partial charge in [0.2, 0.25) is 5.78 Å². The molecule has 6 rings (SSSR count). The van der Waals surface area contributed by atoms with Gasteiger partial charge in [-0.2, -0.15) is 0 Å². The van der Waals surface area contributed by atoms with Crippen LogP contribution in [0.3, 0.4) is 0 Å². The van der Waals surface area contributed by atoms with Gasteiger partial charge in [0, 0.05) is 12.3 Å². The Morgan fingerprint density at radius 1 is 1.02 bits per heavy atom. The van der Waals surface area contributed by atoms with Crippen molar-refractivity contribution in [2.75, 3.05) is 12.0 Å². The number of ether oxygens (including phenoxy) is 2. The lowest BCUT2D eigenvalue weighted by Crippen LogP contribution is -2.31. The Balaban J connectivity index is 1.45. The van der Waals surface area contributed by atoms with Crippen molar-refractivity contribution in [1.29, 1.82) is 0 Å². The summed E-state index contributed by atoms with van der Waals surface area (Å²) in [4.78, 5) is 45.9. The number of carbonyl (C=O) groups excluding carboxylic acids is 3. The van der Waals surface area contributed by atoms with Crippen LogP contribution in [0.15, 0.2) is 94.6 Å². The highest BCUT2D eigenvalue weighted by Gasteiger charge is 2.47. The van der Waals surface area contributed by atoms with Gasteiger partial charge < -0.3 is 19.0 Å². The zero-order chi connectivity index (χ0) is 30.2. The topological polar surface area (TPSA) is 119 Å². The number of fused-ring (bicyclic) bond motifs is 1. The van der Waals surface area contributed by atoms with Crippen molar-refractivity contribution in [3.05, 3.63) is 118 Å². The summed E-state index contributed by atoms with van der Waals surface area (Å²) in [5, 5.41) is 12.1. The van der Waals surface area contributed by atoms with Crippen molar-refractivity contribution >= 4 is 44.9 Å². The molecule has 1 amide bonds. The van der Waals surface area contributed by atoms with E-state index >= 15 is 0 Å². The van der Waals surface area contributed by atoms with Crippen LogP contribution in [0.4, 0.5) is 5.13 Å². The molecule has 43 heavy (non-hydrogen) atoms. The molecule has 1 aliphatic heterocycles. The Labute approximate surface area is 250 Å². The lowest BCUT2D eigenvalue weighted by Gasteiger charge is -2.25. The van der Waals surface area contributed by atoms with E-state index in [1.807, 2.05) is 36.4 Å².